The normalized spacial score (nSPS) is 24.0. The smallest absolute Gasteiger partial charge is 0.239 e. The fourth-order valence-corrected chi connectivity index (χ4v) is 3.01. The number of hydrogen-bond acceptors (Lipinski definition) is 5. The van der Waals surface area contributed by atoms with Gasteiger partial charge in [0.05, 0.1) is 6.04 Å². The second kappa shape index (κ2) is 7.62. The first-order valence-corrected chi connectivity index (χ1v) is 8.48. The molecular weight excluding hydrogens is 316 g/mol. The molecule has 1 saturated heterocycles. The van der Waals surface area contributed by atoms with Crippen LogP contribution < -0.4 is 5.73 Å². The molecule has 3 unspecified atom stereocenters. The third kappa shape index (κ3) is 4.04. The highest BCUT2D eigenvalue weighted by molar-refractivity contribution is 5.85. The molecule has 7 heteroatoms. The van der Waals surface area contributed by atoms with Gasteiger partial charge in [0, 0.05) is 24.9 Å². The van der Waals surface area contributed by atoms with E-state index in [4.69, 9.17) is 10.3 Å². The summed E-state index contributed by atoms with van der Waals surface area (Å²) in [6.07, 6.45) is 5.20. The topological polar surface area (TPSA) is 85.3 Å². The molecular formula is C16H27ClN4O2. The molecule has 1 saturated carbocycles. The number of nitrogens with zero attached hydrogens (tertiary/aromatic N) is 3. The Morgan fingerprint density at radius 2 is 2.13 bits per heavy atom. The maximum Gasteiger partial charge on any atom is 0.239 e. The van der Waals surface area contributed by atoms with Crippen LogP contribution in [-0.4, -0.2) is 40.1 Å². The van der Waals surface area contributed by atoms with Crippen molar-refractivity contribution >= 4 is 18.3 Å². The molecule has 2 N–H and O–H groups in total. The zero-order valence-electron chi connectivity index (χ0n) is 13.9. The third-order valence-corrected chi connectivity index (χ3v) is 5.02. The molecule has 6 nitrogen and oxygen atoms in total. The first-order valence-electron chi connectivity index (χ1n) is 8.48. The number of rotatable bonds is 5. The van der Waals surface area contributed by atoms with Crippen LogP contribution in [0.4, 0.5) is 0 Å². The fraction of sp³-hybridized carbons (Fsp3) is 0.812. The van der Waals surface area contributed by atoms with E-state index in [9.17, 15) is 4.79 Å². The fourth-order valence-electron chi connectivity index (χ4n) is 3.01. The highest BCUT2D eigenvalue weighted by Gasteiger charge is 2.34. The summed E-state index contributed by atoms with van der Waals surface area (Å²) in [4.78, 5) is 19.0. The Balaban J connectivity index is 0.00000192. The standard InChI is InChI=1S/C16H26N4O2.ClH/c1-3-10(2)13(17)16(21)20-8-4-5-12(9-20)14-18-15(22-19-14)11-6-7-11;/h10-13H,3-9,17H2,1-2H3;1H. The average Bonchev–Trinajstić information content (AvgIpc) is 3.30. The van der Waals surface area contributed by atoms with Gasteiger partial charge in [0.15, 0.2) is 5.82 Å². The van der Waals surface area contributed by atoms with Crippen LogP contribution in [0.2, 0.25) is 0 Å². The van der Waals surface area contributed by atoms with Gasteiger partial charge < -0.3 is 15.2 Å². The van der Waals surface area contributed by atoms with Crippen LogP contribution in [0.1, 0.15) is 69.5 Å². The first kappa shape index (κ1) is 18.2. The van der Waals surface area contributed by atoms with E-state index < -0.39 is 6.04 Å². The van der Waals surface area contributed by atoms with E-state index in [1.807, 2.05) is 11.8 Å². The van der Waals surface area contributed by atoms with Gasteiger partial charge in [-0.2, -0.15) is 4.98 Å². The SMILES string of the molecule is CCC(C)C(N)C(=O)N1CCCC(c2noc(C3CC3)n2)C1.Cl. The van der Waals surface area contributed by atoms with E-state index in [1.54, 1.807) is 0 Å². The molecule has 2 heterocycles. The van der Waals surface area contributed by atoms with Crippen LogP contribution >= 0.6 is 12.4 Å². The second-order valence-electron chi connectivity index (χ2n) is 6.80. The molecule has 0 spiro atoms. The van der Waals surface area contributed by atoms with Gasteiger partial charge in [-0.15, -0.1) is 12.4 Å². The van der Waals surface area contributed by atoms with Gasteiger partial charge >= 0.3 is 0 Å². The molecule has 130 valence electrons. The van der Waals surface area contributed by atoms with Gasteiger partial charge in [0.25, 0.3) is 0 Å². The van der Waals surface area contributed by atoms with Crippen molar-refractivity contribution in [1.29, 1.82) is 0 Å². The van der Waals surface area contributed by atoms with Gasteiger partial charge in [0.2, 0.25) is 11.8 Å². The van der Waals surface area contributed by atoms with Crippen molar-refractivity contribution < 1.29 is 9.32 Å². The molecule has 0 radical (unpaired) electrons. The Morgan fingerprint density at radius 3 is 2.78 bits per heavy atom. The number of carbonyl (C=O) groups is 1. The highest BCUT2D eigenvalue weighted by Crippen LogP contribution is 2.39. The number of amides is 1. The van der Waals surface area contributed by atoms with Gasteiger partial charge in [0.1, 0.15) is 0 Å². The molecule has 0 aromatic carbocycles. The Hall–Kier alpha value is -1.14. The molecule has 2 fully saturated rings. The quantitative estimate of drug-likeness (QED) is 0.888. The van der Waals surface area contributed by atoms with Crippen molar-refractivity contribution in [2.45, 2.75) is 63.8 Å². The Labute approximate surface area is 143 Å². The summed E-state index contributed by atoms with van der Waals surface area (Å²) < 4.78 is 5.35. The first-order chi connectivity index (χ1) is 10.6. The summed E-state index contributed by atoms with van der Waals surface area (Å²) in [6.45, 7) is 5.54. The summed E-state index contributed by atoms with van der Waals surface area (Å²) >= 11 is 0. The number of carbonyl (C=O) groups excluding carboxylic acids is 1. The van der Waals surface area contributed by atoms with Crippen LogP contribution in [-0.2, 0) is 4.79 Å². The third-order valence-electron chi connectivity index (χ3n) is 5.02. The number of hydrogen-bond donors (Lipinski definition) is 1. The van der Waals surface area contributed by atoms with Crippen molar-refractivity contribution in [3.63, 3.8) is 0 Å². The molecule has 1 aliphatic carbocycles. The molecule has 1 amide bonds. The zero-order valence-corrected chi connectivity index (χ0v) is 14.7. The molecule has 1 aromatic heterocycles. The number of likely N-dealkylation sites (tertiary alicyclic amines) is 1. The van der Waals surface area contributed by atoms with Crippen LogP contribution in [0.15, 0.2) is 4.52 Å². The van der Waals surface area contributed by atoms with Crippen LogP contribution in [0.5, 0.6) is 0 Å². The summed E-state index contributed by atoms with van der Waals surface area (Å²) in [5.74, 6) is 2.45. The lowest BCUT2D eigenvalue weighted by molar-refractivity contribution is -0.135. The predicted molar refractivity (Wildman–Crippen MR) is 89.5 cm³/mol. The minimum absolute atomic E-state index is 0. The van der Waals surface area contributed by atoms with Crippen molar-refractivity contribution in [3.8, 4) is 0 Å². The van der Waals surface area contributed by atoms with E-state index in [2.05, 4.69) is 17.1 Å². The van der Waals surface area contributed by atoms with Crippen LogP contribution in [0.3, 0.4) is 0 Å². The Morgan fingerprint density at radius 1 is 1.39 bits per heavy atom. The second-order valence-corrected chi connectivity index (χ2v) is 6.80. The molecule has 1 aliphatic heterocycles. The predicted octanol–water partition coefficient (Wildman–Crippen LogP) is 2.45. The van der Waals surface area contributed by atoms with E-state index in [-0.39, 0.29) is 30.2 Å². The summed E-state index contributed by atoms with van der Waals surface area (Å²) in [6, 6.07) is -0.406. The number of aromatic nitrogens is 2. The molecule has 0 bridgehead atoms. The van der Waals surface area contributed by atoms with E-state index in [0.717, 1.165) is 50.4 Å². The lowest BCUT2D eigenvalue weighted by Crippen LogP contribution is -2.50. The van der Waals surface area contributed by atoms with E-state index >= 15 is 0 Å². The minimum atomic E-state index is -0.406. The molecule has 23 heavy (non-hydrogen) atoms. The number of halogens is 1. The number of piperidine rings is 1. The lowest BCUT2D eigenvalue weighted by Gasteiger charge is -2.34. The van der Waals surface area contributed by atoms with Crippen LogP contribution in [0, 0.1) is 5.92 Å². The van der Waals surface area contributed by atoms with Crippen molar-refractivity contribution in [1.82, 2.24) is 15.0 Å². The minimum Gasteiger partial charge on any atom is -0.341 e. The zero-order chi connectivity index (χ0) is 15.7. The van der Waals surface area contributed by atoms with Crippen molar-refractivity contribution in [2.24, 2.45) is 11.7 Å². The van der Waals surface area contributed by atoms with Gasteiger partial charge in [-0.1, -0.05) is 25.4 Å². The Kier molecular flexibility index (Phi) is 6.03. The molecule has 1 aromatic rings. The summed E-state index contributed by atoms with van der Waals surface area (Å²) in [7, 11) is 0. The summed E-state index contributed by atoms with van der Waals surface area (Å²) in [5.41, 5.74) is 6.10. The van der Waals surface area contributed by atoms with E-state index in [0.29, 0.717) is 12.5 Å². The monoisotopic (exact) mass is 342 g/mol. The molecule has 3 rings (SSSR count). The van der Waals surface area contributed by atoms with Crippen molar-refractivity contribution in [2.75, 3.05) is 13.1 Å². The maximum absolute atomic E-state index is 12.5. The lowest BCUT2D eigenvalue weighted by atomic mass is 9.94. The number of nitrogens with two attached hydrogens (primary N) is 1. The Bertz CT molecular complexity index is 532. The average molecular weight is 343 g/mol. The van der Waals surface area contributed by atoms with Crippen molar-refractivity contribution in [3.05, 3.63) is 11.7 Å². The maximum atomic E-state index is 12.5. The van der Waals surface area contributed by atoms with Crippen LogP contribution in [0.25, 0.3) is 0 Å². The molecule has 2 aliphatic rings. The summed E-state index contributed by atoms with van der Waals surface area (Å²) in [5, 5.41) is 4.14. The largest absolute Gasteiger partial charge is 0.341 e. The van der Waals surface area contributed by atoms with E-state index in [1.165, 1.54) is 0 Å². The van der Waals surface area contributed by atoms with Gasteiger partial charge in [-0.05, 0) is 31.6 Å². The van der Waals surface area contributed by atoms with Gasteiger partial charge in [-0.25, -0.2) is 0 Å². The highest BCUT2D eigenvalue weighted by atomic mass is 35.5. The molecule has 3 atom stereocenters. The van der Waals surface area contributed by atoms with Gasteiger partial charge in [-0.3, -0.25) is 4.79 Å².